The Morgan fingerprint density at radius 2 is 2.05 bits per heavy atom. The van der Waals surface area contributed by atoms with Gasteiger partial charge in [0.2, 0.25) is 0 Å². The van der Waals surface area contributed by atoms with E-state index >= 15 is 0 Å². The molecule has 0 radical (unpaired) electrons. The van der Waals surface area contributed by atoms with Crippen LogP contribution in [0.25, 0.3) is 11.0 Å². The minimum atomic E-state index is -0.154. The monoisotopic (exact) mass is 283 g/mol. The van der Waals surface area contributed by atoms with Gasteiger partial charge in [-0.25, -0.2) is 0 Å². The van der Waals surface area contributed by atoms with E-state index in [0.717, 1.165) is 40.1 Å². The summed E-state index contributed by atoms with van der Waals surface area (Å²) in [6, 6.07) is 8.05. The number of furan rings is 1. The molecule has 1 aromatic carbocycles. The molecule has 0 aliphatic heterocycles. The van der Waals surface area contributed by atoms with Crippen molar-refractivity contribution >= 4 is 11.0 Å². The number of hydrogen-bond donors (Lipinski definition) is 1. The second-order valence-corrected chi connectivity index (χ2v) is 5.73. The van der Waals surface area contributed by atoms with Crippen LogP contribution in [0.3, 0.4) is 0 Å². The molecule has 4 heteroatoms. The van der Waals surface area contributed by atoms with Crippen LogP contribution < -0.4 is 5.73 Å². The van der Waals surface area contributed by atoms with Crippen LogP contribution >= 0.6 is 0 Å². The highest BCUT2D eigenvalue weighted by Crippen LogP contribution is 2.28. The fourth-order valence-corrected chi connectivity index (χ4v) is 2.84. The smallest absolute Gasteiger partial charge is 0.137 e. The van der Waals surface area contributed by atoms with E-state index < -0.39 is 0 Å². The zero-order valence-electron chi connectivity index (χ0n) is 13.0. The molecule has 3 aromatic rings. The quantitative estimate of drug-likeness (QED) is 0.802. The molecule has 2 heterocycles. The van der Waals surface area contributed by atoms with Crippen molar-refractivity contribution in [3.05, 3.63) is 52.5 Å². The standard InChI is InChI=1S/C17H21N3O/c1-10-6-5-7-13-8-16(21-17(10)13)15(18)9-14-11(2)19-20(4)12(14)3/h5-8,15H,9,18H2,1-4H3. The molecule has 21 heavy (non-hydrogen) atoms. The number of rotatable bonds is 3. The lowest BCUT2D eigenvalue weighted by Gasteiger charge is -2.09. The third-order valence-electron chi connectivity index (χ3n) is 4.21. The highest BCUT2D eigenvalue weighted by molar-refractivity contribution is 5.81. The van der Waals surface area contributed by atoms with E-state index in [0.29, 0.717) is 0 Å². The van der Waals surface area contributed by atoms with Crippen LogP contribution in [0.4, 0.5) is 0 Å². The number of benzene rings is 1. The number of hydrogen-bond acceptors (Lipinski definition) is 3. The molecule has 2 N–H and O–H groups in total. The van der Waals surface area contributed by atoms with Gasteiger partial charge < -0.3 is 10.2 Å². The summed E-state index contributed by atoms with van der Waals surface area (Å²) in [5.41, 5.74) is 11.8. The summed E-state index contributed by atoms with van der Waals surface area (Å²) in [4.78, 5) is 0. The largest absolute Gasteiger partial charge is 0.459 e. The van der Waals surface area contributed by atoms with Crippen molar-refractivity contribution in [3.8, 4) is 0 Å². The van der Waals surface area contributed by atoms with Gasteiger partial charge in [0.05, 0.1) is 11.7 Å². The van der Waals surface area contributed by atoms with Gasteiger partial charge in [0.25, 0.3) is 0 Å². The maximum atomic E-state index is 6.36. The van der Waals surface area contributed by atoms with Crippen LogP contribution in [0, 0.1) is 20.8 Å². The van der Waals surface area contributed by atoms with Crippen LogP contribution in [-0.4, -0.2) is 9.78 Å². The lowest BCUT2D eigenvalue weighted by atomic mass is 10.0. The van der Waals surface area contributed by atoms with Crippen molar-refractivity contribution in [2.24, 2.45) is 12.8 Å². The molecule has 0 aliphatic carbocycles. The van der Waals surface area contributed by atoms with Crippen LogP contribution in [0.2, 0.25) is 0 Å². The molecular formula is C17H21N3O. The molecule has 0 amide bonds. The molecule has 2 aromatic heterocycles. The van der Waals surface area contributed by atoms with Gasteiger partial charge in [0.15, 0.2) is 0 Å². The van der Waals surface area contributed by atoms with Crippen molar-refractivity contribution in [3.63, 3.8) is 0 Å². The summed E-state index contributed by atoms with van der Waals surface area (Å²) >= 11 is 0. The first kappa shape index (κ1) is 13.9. The third kappa shape index (κ3) is 2.36. The maximum Gasteiger partial charge on any atom is 0.137 e. The van der Waals surface area contributed by atoms with Gasteiger partial charge in [0, 0.05) is 18.1 Å². The summed E-state index contributed by atoms with van der Waals surface area (Å²) in [6.07, 6.45) is 0.740. The van der Waals surface area contributed by atoms with Crippen molar-refractivity contribution in [1.82, 2.24) is 9.78 Å². The summed E-state index contributed by atoms with van der Waals surface area (Å²) in [6.45, 7) is 6.15. The molecule has 0 spiro atoms. The van der Waals surface area contributed by atoms with Gasteiger partial charge in [-0.2, -0.15) is 5.10 Å². The number of para-hydroxylation sites is 1. The topological polar surface area (TPSA) is 57.0 Å². The second kappa shape index (κ2) is 5.04. The van der Waals surface area contributed by atoms with E-state index in [1.807, 2.05) is 30.8 Å². The van der Waals surface area contributed by atoms with Gasteiger partial charge in [-0.3, -0.25) is 4.68 Å². The Morgan fingerprint density at radius 3 is 2.67 bits per heavy atom. The highest BCUT2D eigenvalue weighted by atomic mass is 16.3. The Bertz CT molecular complexity index is 798. The predicted molar refractivity (Wildman–Crippen MR) is 84.3 cm³/mol. The Hall–Kier alpha value is -2.07. The molecule has 110 valence electrons. The summed E-state index contributed by atoms with van der Waals surface area (Å²) in [7, 11) is 1.96. The summed E-state index contributed by atoms with van der Waals surface area (Å²) in [5.74, 6) is 0.835. The zero-order valence-corrected chi connectivity index (χ0v) is 13.0. The average Bonchev–Trinajstić information content (AvgIpc) is 2.97. The Labute approximate surface area is 124 Å². The SMILES string of the molecule is Cc1nn(C)c(C)c1CC(N)c1cc2cccc(C)c2o1. The molecule has 0 fully saturated rings. The second-order valence-electron chi connectivity index (χ2n) is 5.73. The first-order valence-corrected chi connectivity index (χ1v) is 7.21. The lowest BCUT2D eigenvalue weighted by molar-refractivity contribution is 0.492. The molecule has 0 bridgehead atoms. The van der Waals surface area contributed by atoms with E-state index in [9.17, 15) is 0 Å². The molecule has 0 aliphatic rings. The molecule has 3 rings (SSSR count). The van der Waals surface area contributed by atoms with Crippen molar-refractivity contribution in [2.75, 3.05) is 0 Å². The van der Waals surface area contributed by atoms with Crippen LogP contribution in [0.5, 0.6) is 0 Å². The molecule has 1 atom stereocenters. The lowest BCUT2D eigenvalue weighted by Crippen LogP contribution is -2.13. The number of nitrogens with two attached hydrogens (primary N) is 1. The van der Waals surface area contributed by atoms with Gasteiger partial charge in [-0.05, 0) is 44.4 Å². The Kier molecular flexibility index (Phi) is 3.33. The number of nitrogens with zero attached hydrogens (tertiary/aromatic N) is 2. The summed E-state index contributed by atoms with van der Waals surface area (Å²) in [5, 5.41) is 5.56. The number of aromatic nitrogens is 2. The van der Waals surface area contributed by atoms with Gasteiger partial charge in [0.1, 0.15) is 11.3 Å². The first-order chi connectivity index (χ1) is 9.97. The van der Waals surface area contributed by atoms with Crippen LogP contribution in [0.1, 0.15) is 34.3 Å². The van der Waals surface area contributed by atoms with Gasteiger partial charge >= 0.3 is 0 Å². The number of aryl methyl sites for hydroxylation is 3. The fourth-order valence-electron chi connectivity index (χ4n) is 2.84. The van der Waals surface area contributed by atoms with E-state index in [4.69, 9.17) is 10.2 Å². The highest BCUT2D eigenvalue weighted by Gasteiger charge is 2.18. The number of fused-ring (bicyclic) bond motifs is 1. The molecule has 1 unspecified atom stereocenters. The Balaban J connectivity index is 1.93. The Morgan fingerprint density at radius 1 is 1.29 bits per heavy atom. The van der Waals surface area contributed by atoms with Crippen LogP contribution in [0.15, 0.2) is 28.7 Å². The fraction of sp³-hybridized carbons (Fsp3) is 0.353. The van der Waals surface area contributed by atoms with Crippen molar-refractivity contribution in [2.45, 2.75) is 33.2 Å². The first-order valence-electron chi connectivity index (χ1n) is 7.21. The molecule has 0 saturated carbocycles. The average molecular weight is 283 g/mol. The van der Waals surface area contributed by atoms with E-state index in [1.54, 1.807) is 0 Å². The van der Waals surface area contributed by atoms with E-state index in [2.05, 4.69) is 31.1 Å². The van der Waals surface area contributed by atoms with Crippen molar-refractivity contribution < 1.29 is 4.42 Å². The predicted octanol–water partition coefficient (Wildman–Crippen LogP) is 3.33. The third-order valence-corrected chi connectivity index (χ3v) is 4.21. The van der Waals surface area contributed by atoms with Gasteiger partial charge in [-0.1, -0.05) is 18.2 Å². The van der Waals surface area contributed by atoms with Gasteiger partial charge in [-0.15, -0.1) is 0 Å². The van der Waals surface area contributed by atoms with E-state index in [-0.39, 0.29) is 6.04 Å². The normalized spacial score (nSPS) is 13.0. The molecule has 4 nitrogen and oxygen atoms in total. The molecular weight excluding hydrogens is 262 g/mol. The summed E-state index contributed by atoms with van der Waals surface area (Å²) < 4.78 is 7.87. The van der Waals surface area contributed by atoms with E-state index in [1.165, 1.54) is 5.56 Å². The minimum absolute atomic E-state index is 0.154. The maximum absolute atomic E-state index is 6.36. The zero-order chi connectivity index (χ0) is 15.1. The molecule has 0 saturated heterocycles. The van der Waals surface area contributed by atoms with Crippen LogP contribution in [-0.2, 0) is 13.5 Å². The minimum Gasteiger partial charge on any atom is -0.459 e. The van der Waals surface area contributed by atoms with Crippen molar-refractivity contribution in [1.29, 1.82) is 0 Å².